The van der Waals surface area contributed by atoms with Crippen LogP contribution >= 0.6 is 0 Å². The minimum absolute atomic E-state index is 0.0530. The van der Waals surface area contributed by atoms with E-state index < -0.39 is 0 Å². The first-order chi connectivity index (χ1) is 6.22. The molecule has 2 aliphatic rings. The minimum Gasteiger partial charge on any atom is -0.469 e. The fourth-order valence-corrected chi connectivity index (χ4v) is 2.26. The van der Waals surface area contributed by atoms with Gasteiger partial charge in [0.1, 0.15) is 0 Å². The van der Waals surface area contributed by atoms with Crippen molar-refractivity contribution in [2.45, 2.75) is 37.5 Å². The molecule has 2 fully saturated rings. The molecule has 2 heterocycles. The molecule has 2 saturated heterocycles. The van der Waals surface area contributed by atoms with Gasteiger partial charge in [-0.2, -0.15) is 0 Å². The number of carbonyl (C=O) groups excluding carboxylic acids is 1. The van der Waals surface area contributed by atoms with Crippen molar-refractivity contribution in [3.05, 3.63) is 0 Å². The van der Waals surface area contributed by atoms with E-state index in [1.54, 1.807) is 0 Å². The van der Waals surface area contributed by atoms with Crippen LogP contribution in [0, 0.1) is 5.92 Å². The van der Waals surface area contributed by atoms with Gasteiger partial charge in [0.25, 0.3) is 0 Å². The third-order valence-electron chi connectivity index (χ3n) is 3.05. The van der Waals surface area contributed by atoms with Gasteiger partial charge in [0.2, 0.25) is 0 Å². The highest BCUT2D eigenvalue weighted by Crippen LogP contribution is 2.36. The molecule has 2 rings (SSSR count). The van der Waals surface area contributed by atoms with Gasteiger partial charge in [-0.15, -0.1) is 0 Å². The molecule has 0 unspecified atom stereocenters. The summed E-state index contributed by atoms with van der Waals surface area (Å²) in [4.78, 5) is 11.3. The van der Waals surface area contributed by atoms with Crippen LogP contribution in [0.5, 0.6) is 0 Å². The number of fused-ring (bicyclic) bond motifs is 2. The second kappa shape index (κ2) is 3.27. The first-order valence-electron chi connectivity index (χ1n) is 4.71. The van der Waals surface area contributed by atoms with E-state index in [0.29, 0.717) is 0 Å². The van der Waals surface area contributed by atoms with Crippen LogP contribution in [0.2, 0.25) is 0 Å². The number of esters is 1. The molecular formula is C9H15NO3. The highest BCUT2D eigenvalue weighted by Gasteiger charge is 2.45. The van der Waals surface area contributed by atoms with Crippen molar-refractivity contribution in [2.24, 2.45) is 11.7 Å². The summed E-state index contributed by atoms with van der Waals surface area (Å²) in [5.41, 5.74) is 5.84. The molecule has 4 nitrogen and oxygen atoms in total. The number of methoxy groups -OCH3 is 1. The quantitative estimate of drug-likeness (QED) is 0.586. The first-order valence-corrected chi connectivity index (χ1v) is 4.71. The van der Waals surface area contributed by atoms with Crippen molar-refractivity contribution >= 4 is 5.97 Å². The second-order valence-corrected chi connectivity index (χ2v) is 3.82. The monoisotopic (exact) mass is 185 g/mol. The number of hydrogen-bond acceptors (Lipinski definition) is 4. The third-order valence-corrected chi connectivity index (χ3v) is 3.05. The summed E-state index contributed by atoms with van der Waals surface area (Å²) in [6.45, 7) is 0. The Hall–Kier alpha value is -0.610. The van der Waals surface area contributed by atoms with Crippen LogP contribution in [-0.2, 0) is 14.3 Å². The Morgan fingerprint density at radius 3 is 2.85 bits per heavy atom. The predicted octanol–water partition coefficient (Wildman–Crippen LogP) is 0.0542. The Bertz CT molecular complexity index is 219. The van der Waals surface area contributed by atoms with E-state index in [-0.39, 0.29) is 30.1 Å². The molecule has 0 aromatic heterocycles. The van der Waals surface area contributed by atoms with Crippen molar-refractivity contribution in [2.75, 3.05) is 7.11 Å². The van der Waals surface area contributed by atoms with Crippen LogP contribution < -0.4 is 5.73 Å². The summed E-state index contributed by atoms with van der Waals surface area (Å²) in [5, 5.41) is 0. The van der Waals surface area contributed by atoms with Gasteiger partial charge < -0.3 is 15.2 Å². The van der Waals surface area contributed by atoms with Gasteiger partial charge in [-0.1, -0.05) is 0 Å². The van der Waals surface area contributed by atoms with E-state index in [2.05, 4.69) is 0 Å². The van der Waals surface area contributed by atoms with E-state index in [4.69, 9.17) is 15.2 Å². The van der Waals surface area contributed by atoms with Crippen molar-refractivity contribution in [3.8, 4) is 0 Å². The van der Waals surface area contributed by atoms with Crippen LogP contribution in [0.25, 0.3) is 0 Å². The summed E-state index contributed by atoms with van der Waals surface area (Å²) in [6, 6.07) is 0.103. The van der Waals surface area contributed by atoms with E-state index in [9.17, 15) is 4.79 Å². The number of hydrogen-bond donors (Lipinski definition) is 1. The Morgan fingerprint density at radius 1 is 1.46 bits per heavy atom. The smallest absolute Gasteiger partial charge is 0.311 e. The molecule has 4 atom stereocenters. The zero-order chi connectivity index (χ0) is 9.42. The van der Waals surface area contributed by atoms with E-state index in [0.717, 1.165) is 19.3 Å². The molecule has 0 aromatic rings. The molecular weight excluding hydrogens is 170 g/mol. The number of ether oxygens (including phenoxy) is 2. The molecule has 13 heavy (non-hydrogen) atoms. The summed E-state index contributed by atoms with van der Waals surface area (Å²) in [5.74, 6) is -0.231. The average Bonchev–Trinajstić information content (AvgIpc) is 2.50. The van der Waals surface area contributed by atoms with Gasteiger partial charge in [-0.05, 0) is 19.3 Å². The van der Waals surface area contributed by atoms with Crippen molar-refractivity contribution in [1.29, 1.82) is 0 Å². The van der Waals surface area contributed by atoms with E-state index >= 15 is 0 Å². The van der Waals surface area contributed by atoms with Gasteiger partial charge in [-0.25, -0.2) is 0 Å². The summed E-state index contributed by atoms with van der Waals surface area (Å²) >= 11 is 0. The Morgan fingerprint density at radius 2 is 2.23 bits per heavy atom. The SMILES string of the molecule is COC(=O)[C@H]1C[C@@H]2O[C@H]1CC[C@H]2N. The molecule has 0 aliphatic carbocycles. The molecule has 0 radical (unpaired) electrons. The van der Waals surface area contributed by atoms with E-state index in [1.165, 1.54) is 7.11 Å². The maximum absolute atomic E-state index is 11.3. The summed E-state index contributed by atoms with van der Waals surface area (Å²) < 4.78 is 10.3. The maximum Gasteiger partial charge on any atom is 0.311 e. The molecule has 0 amide bonds. The van der Waals surface area contributed by atoms with Crippen LogP contribution in [0.4, 0.5) is 0 Å². The molecule has 0 spiro atoms. The average molecular weight is 185 g/mol. The minimum atomic E-state index is -0.151. The van der Waals surface area contributed by atoms with Gasteiger partial charge in [0.05, 0.1) is 25.2 Å². The van der Waals surface area contributed by atoms with Gasteiger partial charge in [0.15, 0.2) is 0 Å². The zero-order valence-electron chi connectivity index (χ0n) is 7.73. The zero-order valence-corrected chi connectivity index (χ0v) is 7.73. The standard InChI is InChI=1S/C9H15NO3/c1-12-9(11)5-4-8-6(10)2-3-7(5)13-8/h5-8H,2-4,10H2,1H3/t5-,6+,7-,8-/m0/s1. The lowest BCUT2D eigenvalue weighted by atomic mass is 10.0. The normalized spacial score (nSPS) is 43.2. The number of rotatable bonds is 1. The largest absolute Gasteiger partial charge is 0.469 e. The molecule has 0 saturated carbocycles. The van der Waals surface area contributed by atoms with Crippen LogP contribution in [0.3, 0.4) is 0 Å². The van der Waals surface area contributed by atoms with Gasteiger partial charge in [-0.3, -0.25) is 4.79 Å². The highest BCUT2D eigenvalue weighted by molar-refractivity contribution is 5.73. The van der Waals surface area contributed by atoms with Gasteiger partial charge >= 0.3 is 5.97 Å². The Balaban J connectivity index is 2.06. The molecule has 2 N–H and O–H groups in total. The van der Waals surface area contributed by atoms with Crippen molar-refractivity contribution in [1.82, 2.24) is 0 Å². The Kier molecular flexibility index (Phi) is 2.26. The second-order valence-electron chi connectivity index (χ2n) is 3.82. The van der Waals surface area contributed by atoms with Crippen LogP contribution in [-0.4, -0.2) is 31.3 Å². The lowest BCUT2D eigenvalue weighted by Crippen LogP contribution is -2.38. The van der Waals surface area contributed by atoms with E-state index in [1.807, 2.05) is 0 Å². The van der Waals surface area contributed by atoms with Crippen LogP contribution in [0.1, 0.15) is 19.3 Å². The fraction of sp³-hybridized carbons (Fsp3) is 0.889. The first kappa shape index (κ1) is 8.97. The molecule has 2 aliphatic heterocycles. The van der Waals surface area contributed by atoms with Gasteiger partial charge in [0, 0.05) is 6.04 Å². The number of nitrogens with two attached hydrogens (primary N) is 1. The van der Waals surface area contributed by atoms with Crippen molar-refractivity contribution in [3.63, 3.8) is 0 Å². The fourth-order valence-electron chi connectivity index (χ4n) is 2.26. The third kappa shape index (κ3) is 1.44. The predicted molar refractivity (Wildman–Crippen MR) is 46.0 cm³/mol. The topological polar surface area (TPSA) is 61.5 Å². The Labute approximate surface area is 77.4 Å². The molecule has 74 valence electrons. The summed E-state index contributed by atoms with van der Waals surface area (Å²) in [7, 11) is 1.42. The molecule has 2 bridgehead atoms. The molecule has 0 aromatic carbocycles. The maximum atomic E-state index is 11.3. The molecule has 4 heteroatoms. The summed E-state index contributed by atoms with van der Waals surface area (Å²) in [6.07, 6.45) is 2.71. The lowest BCUT2D eigenvalue weighted by Gasteiger charge is -2.26. The van der Waals surface area contributed by atoms with Crippen molar-refractivity contribution < 1.29 is 14.3 Å². The highest BCUT2D eigenvalue weighted by atomic mass is 16.5. The van der Waals surface area contributed by atoms with Crippen LogP contribution in [0.15, 0.2) is 0 Å². The lowest BCUT2D eigenvalue weighted by molar-refractivity contribution is -0.147. The number of carbonyl (C=O) groups is 1.